The Labute approximate surface area is 147 Å². The molecule has 0 N–H and O–H groups in total. The van der Waals surface area contributed by atoms with Crippen LogP contribution in [0, 0.1) is 30.1 Å². The fourth-order valence-corrected chi connectivity index (χ4v) is 4.82. The molecule has 0 radical (unpaired) electrons. The number of carbonyl (C=O) groups is 2. The van der Waals surface area contributed by atoms with Gasteiger partial charge in [0.25, 0.3) is 0 Å². The summed E-state index contributed by atoms with van der Waals surface area (Å²) >= 11 is 6.57. The second kappa shape index (κ2) is 5.91. The van der Waals surface area contributed by atoms with Gasteiger partial charge in [0.15, 0.2) is 5.76 Å². The first kappa shape index (κ1) is 17.5. The van der Waals surface area contributed by atoms with Gasteiger partial charge in [0.2, 0.25) is 5.78 Å². The zero-order valence-electron chi connectivity index (χ0n) is 14.9. The number of esters is 1. The first-order valence-corrected chi connectivity index (χ1v) is 9.10. The van der Waals surface area contributed by atoms with Crippen molar-refractivity contribution in [3.63, 3.8) is 0 Å². The molecule has 1 fully saturated rings. The molecule has 0 spiro atoms. The maximum atomic E-state index is 13.1. The summed E-state index contributed by atoms with van der Waals surface area (Å²) < 4.78 is 11.5. The largest absolute Gasteiger partial charge is 0.460 e. The molecule has 2 aliphatic rings. The molecule has 3 rings (SSSR count). The van der Waals surface area contributed by atoms with Crippen molar-refractivity contribution in [2.75, 3.05) is 0 Å². The SMILES string of the molecule is Cc1coc2c1[C@@H](OC(=O)C(C)C)[C@]1(C)[C@@H](C)CC[C@H](Cl)[C@@H]1C2=O. The zero-order valence-corrected chi connectivity index (χ0v) is 15.6. The number of Topliss-reactive ketones (excluding diaryl/α,β-unsaturated/α-hetero) is 1. The third kappa shape index (κ3) is 2.33. The van der Waals surface area contributed by atoms with Crippen molar-refractivity contribution in [2.24, 2.45) is 23.2 Å². The van der Waals surface area contributed by atoms with Crippen molar-refractivity contribution >= 4 is 23.4 Å². The van der Waals surface area contributed by atoms with Gasteiger partial charge >= 0.3 is 5.97 Å². The molecule has 0 aliphatic heterocycles. The molecule has 2 aliphatic carbocycles. The molecule has 5 atom stereocenters. The van der Waals surface area contributed by atoms with Gasteiger partial charge in [-0.1, -0.05) is 27.7 Å². The van der Waals surface area contributed by atoms with E-state index in [9.17, 15) is 9.59 Å². The van der Waals surface area contributed by atoms with Crippen molar-refractivity contribution in [1.82, 2.24) is 0 Å². The highest BCUT2D eigenvalue weighted by atomic mass is 35.5. The fourth-order valence-electron chi connectivity index (χ4n) is 4.31. The van der Waals surface area contributed by atoms with Crippen LogP contribution in [0.4, 0.5) is 0 Å². The van der Waals surface area contributed by atoms with Gasteiger partial charge in [0, 0.05) is 16.4 Å². The predicted octanol–water partition coefficient (Wildman–Crippen LogP) is 4.68. The Bertz CT molecular complexity index is 677. The first-order valence-electron chi connectivity index (χ1n) is 8.66. The predicted molar refractivity (Wildman–Crippen MR) is 91.1 cm³/mol. The smallest absolute Gasteiger partial charge is 0.309 e. The number of alkyl halides is 1. The van der Waals surface area contributed by atoms with Crippen molar-refractivity contribution in [1.29, 1.82) is 0 Å². The average Bonchev–Trinajstić information content (AvgIpc) is 2.89. The molecule has 1 aromatic rings. The maximum absolute atomic E-state index is 13.1. The molecule has 0 aromatic carbocycles. The Kier molecular flexibility index (Phi) is 4.31. The molecule has 4 nitrogen and oxygen atoms in total. The van der Waals surface area contributed by atoms with Gasteiger partial charge in [-0.15, -0.1) is 11.6 Å². The van der Waals surface area contributed by atoms with E-state index >= 15 is 0 Å². The lowest BCUT2D eigenvalue weighted by Gasteiger charge is -2.53. The highest BCUT2D eigenvalue weighted by molar-refractivity contribution is 6.23. The van der Waals surface area contributed by atoms with Crippen LogP contribution in [0.2, 0.25) is 0 Å². The van der Waals surface area contributed by atoms with E-state index in [0.29, 0.717) is 5.76 Å². The van der Waals surface area contributed by atoms with Crippen molar-refractivity contribution in [3.05, 3.63) is 23.2 Å². The highest BCUT2D eigenvalue weighted by Gasteiger charge is 2.61. The molecule has 132 valence electrons. The molecular weight excluding hydrogens is 328 g/mol. The zero-order chi connectivity index (χ0) is 17.8. The van der Waals surface area contributed by atoms with Gasteiger partial charge in [-0.05, 0) is 31.2 Å². The van der Waals surface area contributed by atoms with Gasteiger partial charge < -0.3 is 9.15 Å². The molecule has 1 aromatic heterocycles. The Hall–Kier alpha value is -1.29. The van der Waals surface area contributed by atoms with Crippen molar-refractivity contribution < 1.29 is 18.7 Å². The lowest BCUT2D eigenvalue weighted by Crippen LogP contribution is -2.54. The molecule has 1 saturated carbocycles. The van der Waals surface area contributed by atoms with Crippen LogP contribution >= 0.6 is 11.6 Å². The number of ketones is 1. The molecule has 0 amide bonds. The van der Waals surface area contributed by atoms with Crippen LogP contribution in [0.25, 0.3) is 0 Å². The average molecular weight is 353 g/mol. The minimum absolute atomic E-state index is 0.0519. The van der Waals surface area contributed by atoms with Crippen molar-refractivity contribution in [2.45, 2.75) is 58.9 Å². The van der Waals surface area contributed by atoms with Crippen LogP contribution in [0.1, 0.15) is 68.3 Å². The Morgan fingerprint density at radius 1 is 1.42 bits per heavy atom. The Morgan fingerprint density at radius 3 is 2.71 bits per heavy atom. The van der Waals surface area contributed by atoms with E-state index in [-0.39, 0.29) is 29.0 Å². The third-order valence-electron chi connectivity index (χ3n) is 6.03. The second-order valence-electron chi connectivity index (χ2n) is 7.84. The summed E-state index contributed by atoms with van der Waals surface area (Å²) in [6.07, 6.45) is 2.78. The lowest BCUT2D eigenvalue weighted by atomic mass is 9.53. The summed E-state index contributed by atoms with van der Waals surface area (Å²) in [5.74, 6) is -0.407. The van der Waals surface area contributed by atoms with Crippen LogP contribution in [0.5, 0.6) is 0 Å². The van der Waals surface area contributed by atoms with E-state index in [4.69, 9.17) is 20.8 Å². The molecule has 1 heterocycles. The van der Waals surface area contributed by atoms with Gasteiger partial charge in [-0.3, -0.25) is 9.59 Å². The van der Waals surface area contributed by atoms with Gasteiger partial charge in [-0.25, -0.2) is 0 Å². The van der Waals surface area contributed by atoms with Gasteiger partial charge in [0.1, 0.15) is 6.10 Å². The van der Waals surface area contributed by atoms with E-state index in [1.54, 1.807) is 6.26 Å². The molecule has 0 bridgehead atoms. The monoisotopic (exact) mass is 352 g/mol. The summed E-state index contributed by atoms with van der Waals surface area (Å²) in [6.45, 7) is 9.69. The minimum atomic E-state index is -0.520. The Balaban J connectivity index is 2.18. The van der Waals surface area contributed by atoms with Gasteiger partial charge in [0.05, 0.1) is 18.1 Å². The van der Waals surface area contributed by atoms with Gasteiger partial charge in [-0.2, -0.15) is 0 Å². The molecular formula is C19H25ClO4. The summed E-state index contributed by atoms with van der Waals surface area (Å²) in [6, 6.07) is 0. The number of aryl methyl sites for hydroxylation is 1. The number of hydrogen-bond acceptors (Lipinski definition) is 4. The van der Waals surface area contributed by atoms with Crippen LogP contribution < -0.4 is 0 Å². The number of hydrogen-bond donors (Lipinski definition) is 0. The normalized spacial score (nSPS) is 35.5. The molecule has 0 unspecified atom stereocenters. The fraction of sp³-hybridized carbons (Fsp3) is 0.684. The molecule has 24 heavy (non-hydrogen) atoms. The lowest BCUT2D eigenvalue weighted by molar-refractivity contribution is -0.169. The minimum Gasteiger partial charge on any atom is -0.460 e. The quantitative estimate of drug-likeness (QED) is 0.572. The van der Waals surface area contributed by atoms with E-state index in [2.05, 4.69) is 6.92 Å². The Morgan fingerprint density at radius 2 is 2.08 bits per heavy atom. The highest BCUT2D eigenvalue weighted by Crippen LogP contribution is 2.60. The molecule has 0 saturated heterocycles. The second-order valence-corrected chi connectivity index (χ2v) is 8.40. The standard InChI is InChI=1S/C19H25ClO4/c1-9(2)18(22)24-17-13-10(3)8-23-16(13)15(21)14-12(20)7-6-11(4)19(14,17)5/h8-9,11-12,14,17H,6-7H2,1-5H3/t11-,12-,14+,17+,19+/m0/s1. The van der Waals surface area contributed by atoms with E-state index in [1.807, 2.05) is 27.7 Å². The summed E-state index contributed by atoms with van der Waals surface area (Å²) in [5, 5.41) is -0.266. The van der Waals surface area contributed by atoms with Crippen LogP contribution in [-0.2, 0) is 9.53 Å². The number of rotatable bonds is 2. The molecule has 5 heteroatoms. The number of carbonyl (C=O) groups excluding carboxylic acids is 2. The number of ether oxygens (including phenoxy) is 1. The van der Waals surface area contributed by atoms with Crippen LogP contribution in [-0.4, -0.2) is 17.1 Å². The number of halogens is 1. The number of fused-ring (bicyclic) bond motifs is 2. The van der Waals surface area contributed by atoms with Crippen LogP contribution in [0.3, 0.4) is 0 Å². The van der Waals surface area contributed by atoms with E-state index in [1.165, 1.54) is 0 Å². The number of furan rings is 1. The van der Waals surface area contributed by atoms with Crippen LogP contribution in [0.15, 0.2) is 10.7 Å². The summed E-state index contributed by atoms with van der Waals surface area (Å²) in [5.41, 5.74) is 1.06. The first-order chi connectivity index (χ1) is 11.2. The van der Waals surface area contributed by atoms with E-state index < -0.39 is 17.4 Å². The van der Waals surface area contributed by atoms with E-state index in [0.717, 1.165) is 24.0 Å². The van der Waals surface area contributed by atoms with Crippen molar-refractivity contribution in [3.8, 4) is 0 Å². The summed E-state index contributed by atoms with van der Waals surface area (Å²) in [7, 11) is 0. The topological polar surface area (TPSA) is 56.5 Å². The maximum Gasteiger partial charge on any atom is 0.309 e. The third-order valence-corrected chi connectivity index (χ3v) is 6.50. The summed E-state index contributed by atoms with van der Waals surface area (Å²) in [4.78, 5) is 25.4.